The zero-order chi connectivity index (χ0) is 17.3. The van der Waals surface area contributed by atoms with Crippen LogP contribution < -0.4 is 0 Å². The third-order valence-corrected chi connectivity index (χ3v) is 5.03. The summed E-state index contributed by atoms with van der Waals surface area (Å²) in [5, 5.41) is 0.592. The molecule has 0 saturated heterocycles. The van der Waals surface area contributed by atoms with Crippen LogP contribution in [0.2, 0.25) is 5.02 Å². The summed E-state index contributed by atoms with van der Waals surface area (Å²) in [6.07, 6.45) is 0. The van der Waals surface area contributed by atoms with Crippen LogP contribution in [0.4, 0.5) is 0 Å². The SMILES string of the molecule is CC(C)N1C(=O)C(Sc2ccccc2)=C(c2ccc(Cl)cc2)C1=O. The second-order valence-electron chi connectivity index (χ2n) is 5.70. The molecule has 0 aliphatic carbocycles. The summed E-state index contributed by atoms with van der Waals surface area (Å²) in [6.45, 7) is 3.68. The molecule has 122 valence electrons. The fourth-order valence-electron chi connectivity index (χ4n) is 2.57. The van der Waals surface area contributed by atoms with Crippen LogP contribution in [-0.4, -0.2) is 22.8 Å². The average Bonchev–Trinajstić information content (AvgIpc) is 2.80. The number of halogens is 1. The van der Waals surface area contributed by atoms with Gasteiger partial charge in [0.1, 0.15) is 0 Å². The third kappa shape index (κ3) is 3.12. The number of thioether (sulfide) groups is 1. The van der Waals surface area contributed by atoms with Gasteiger partial charge in [0.05, 0.1) is 10.5 Å². The maximum Gasteiger partial charge on any atom is 0.268 e. The van der Waals surface area contributed by atoms with E-state index in [1.54, 1.807) is 24.3 Å². The van der Waals surface area contributed by atoms with Gasteiger partial charge in [0.25, 0.3) is 11.8 Å². The lowest BCUT2D eigenvalue weighted by Gasteiger charge is -2.19. The Balaban J connectivity index is 2.10. The van der Waals surface area contributed by atoms with Crippen molar-refractivity contribution in [3.8, 4) is 0 Å². The molecule has 0 saturated carbocycles. The van der Waals surface area contributed by atoms with Gasteiger partial charge in [0.15, 0.2) is 0 Å². The van der Waals surface area contributed by atoms with Crippen LogP contribution in [0.15, 0.2) is 64.4 Å². The first-order chi connectivity index (χ1) is 11.5. The van der Waals surface area contributed by atoms with Crippen molar-refractivity contribution in [1.29, 1.82) is 0 Å². The second kappa shape index (κ2) is 6.83. The van der Waals surface area contributed by atoms with E-state index in [1.165, 1.54) is 16.7 Å². The van der Waals surface area contributed by atoms with Gasteiger partial charge in [-0.1, -0.05) is 53.7 Å². The number of amides is 2. The summed E-state index contributed by atoms with van der Waals surface area (Å²) in [4.78, 5) is 28.4. The molecule has 1 heterocycles. The van der Waals surface area contributed by atoms with E-state index >= 15 is 0 Å². The molecule has 2 amide bonds. The molecule has 1 aliphatic heterocycles. The second-order valence-corrected chi connectivity index (χ2v) is 7.22. The lowest BCUT2D eigenvalue weighted by Crippen LogP contribution is -2.37. The van der Waals surface area contributed by atoms with Crippen molar-refractivity contribution in [2.45, 2.75) is 24.8 Å². The fraction of sp³-hybridized carbons (Fsp3) is 0.158. The van der Waals surface area contributed by atoms with Crippen molar-refractivity contribution < 1.29 is 9.59 Å². The minimum Gasteiger partial charge on any atom is -0.271 e. The topological polar surface area (TPSA) is 37.4 Å². The van der Waals surface area contributed by atoms with Crippen molar-refractivity contribution in [3.63, 3.8) is 0 Å². The highest BCUT2D eigenvalue weighted by Gasteiger charge is 2.40. The summed E-state index contributed by atoms with van der Waals surface area (Å²) in [5.41, 5.74) is 1.15. The maximum absolute atomic E-state index is 12.8. The molecule has 0 radical (unpaired) electrons. The van der Waals surface area contributed by atoms with Gasteiger partial charge >= 0.3 is 0 Å². The van der Waals surface area contributed by atoms with Gasteiger partial charge in [-0.25, -0.2) is 0 Å². The number of carbonyl (C=O) groups is 2. The number of nitrogens with zero attached hydrogens (tertiary/aromatic N) is 1. The summed E-state index contributed by atoms with van der Waals surface area (Å²) < 4.78 is 0. The number of imide groups is 1. The predicted molar refractivity (Wildman–Crippen MR) is 97.7 cm³/mol. The van der Waals surface area contributed by atoms with Crippen LogP contribution in [0.1, 0.15) is 19.4 Å². The van der Waals surface area contributed by atoms with E-state index in [1.807, 2.05) is 44.2 Å². The van der Waals surface area contributed by atoms with Crippen molar-refractivity contribution in [2.24, 2.45) is 0 Å². The minimum absolute atomic E-state index is 0.193. The molecule has 0 atom stereocenters. The van der Waals surface area contributed by atoms with Crippen LogP contribution in [-0.2, 0) is 9.59 Å². The highest BCUT2D eigenvalue weighted by atomic mass is 35.5. The summed E-state index contributed by atoms with van der Waals surface area (Å²) in [5.74, 6) is -0.496. The van der Waals surface area contributed by atoms with E-state index in [0.717, 1.165) is 4.90 Å². The Labute approximate surface area is 150 Å². The molecular weight excluding hydrogens is 342 g/mol. The average molecular weight is 358 g/mol. The normalized spacial score (nSPS) is 14.9. The van der Waals surface area contributed by atoms with Gasteiger partial charge in [-0.3, -0.25) is 14.5 Å². The fourth-order valence-corrected chi connectivity index (χ4v) is 3.72. The van der Waals surface area contributed by atoms with E-state index in [-0.39, 0.29) is 17.9 Å². The van der Waals surface area contributed by atoms with Gasteiger partial charge in [-0.15, -0.1) is 0 Å². The van der Waals surface area contributed by atoms with Gasteiger partial charge in [-0.05, 0) is 43.7 Å². The molecule has 2 aromatic carbocycles. The molecule has 3 rings (SSSR count). The first-order valence-electron chi connectivity index (χ1n) is 7.60. The minimum atomic E-state index is -0.254. The standard InChI is InChI=1S/C19H16ClNO2S/c1-12(2)21-18(22)16(13-8-10-14(20)11-9-13)17(19(21)23)24-15-6-4-3-5-7-15/h3-12H,1-2H3. The number of rotatable bonds is 4. The molecule has 0 fully saturated rings. The highest BCUT2D eigenvalue weighted by Crippen LogP contribution is 2.40. The molecule has 2 aromatic rings. The van der Waals surface area contributed by atoms with Gasteiger partial charge in [0, 0.05) is 16.0 Å². The predicted octanol–water partition coefficient (Wildman–Crippen LogP) is 4.62. The first-order valence-corrected chi connectivity index (χ1v) is 8.79. The number of benzene rings is 2. The number of hydrogen-bond acceptors (Lipinski definition) is 3. The lowest BCUT2D eigenvalue weighted by atomic mass is 10.1. The Kier molecular flexibility index (Phi) is 4.78. The van der Waals surface area contributed by atoms with Crippen molar-refractivity contribution in [1.82, 2.24) is 4.90 Å². The van der Waals surface area contributed by atoms with Crippen LogP contribution in [0.3, 0.4) is 0 Å². The first kappa shape index (κ1) is 16.8. The molecule has 0 aromatic heterocycles. The van der Waals surface area contributed by atoms with Crippen LogP contribution in [0, 0.1) is 0 Å². The maximum atomic E-state index is 12.8. The summed E-state index contributed by atoms with van der Waals surface area (Å²) in [6, 6.07) is 16.4. The number of hydrogen-bond donors (Lipinski definition) is 0. The Morgan fingerprint density at radius 2 is 1.54 bits per heavy atom. The van der Waals surface area contributed by atoms with Gasteiger partial charge in [-0.2, -0.15) is 0 Å². The molecule has 5 heteroatoms. The number of carbonyl (C=O) groups excluding carboxylic acids is 2. The smallest absolute Gasteiger partial charge is 0.268 e. The quantitative estimate of drug-likeness (QED) is 0.749. The van der Waals surface area contributed by atoms with Crippen molar-refractivity contribution in [2.75, 3.05) is 0 Å². The highest BCUT2D eigenvalue weighted by molar-refractivity contribution is 8.04. The lowest BCUT2D eigenvalue weighted by molar-refractivity contribution is -0.138. The van der Waals surface area contributed by atoms with Gasteiger partial charge in [0.2, 0.25) is 0 Å². The van der Waals surface area contributed by atoms with Gasteiger partial charge < -0.3 is 0 Å². The summed E-state index contributed by atoms with van der Waals surface area (Å²) >= 11 is 7.27. The largest absolute Gasteiger partial charge is 0.271 e. The zero-order valence-electron chi connectivity index (χ0n) is 13.3. The Bertz CT molecular complexity index is 813. The van der Waals surface area contributed by atoms with Crippen LogP contribution in [0.5, 0.6) is 0 Å². The molecule has 24 heavy (non-hydrogen) atoms. The molecular formula is C19H16ClNO2S. The molecule has 0 spiro atoms. The molecule has 0 unspecified atom stereocenters. The van der Waals surface area contributed by atoms with Crippen molar-refractivity contribution in [3.05, 3.63) is 70.1 Å². The molecule has 1 aliphatic rings. The Hall–Kier alpha value is -2.04. The van der Waals surface area contributed by atoms with E-state index in [0.29, 0.717) is 21.1 Å². The van der Waals surface area contributed by atoms with E-state index in [2.05, 4.69) is 0 Å². The van der Waals surface area contributed by atoms with Crippen molar-refractivity contribution >= 4 is 40.8 Å². The Morgan fingerprint density at radius 3 is 2.12 bits per heavy atom. The van der Waals surface area contributed by atoms with E-state index in [4.69, 9.17) is 11.6 Å². The zero-order valence-corrected chi connectivity index (χ0v) is 14.9. The van der Waals surface area contributed by atoms with E-state index < -0.39 is 0 Å². The molecule has 0 N–H and O–H groups in total. The third-order valence-electron chi connectivity index (χ3n) is 3.69. The molecule has 0 bridgehead atoms. The van der Waals surface area contributed by atoms with Crippen LogP contribution >= 0.6 is 23.4 Å². The van der Waals surface area contributed by atoms with E-state index in [9.17, 15) is 9.59 Å². The monoisotopic (exact) mass is 357 g/mol. The summed E-state index contributed by atoms with van der Waals surface area (Å²) in [7, 11) is 0. The molecule has 3 nitrogen and oxygen atoms in total. The van der Waals surface area contributed by atoms with Crippen LogP contribution in [0.25, 0.3) is 5.57 Å². The Morgan fingerprint density at radius 1 is 0.917 bits per heavy atom.